The molecule has 0 bridgehead atoms. The van der Waals surface area contributed by atoms with Crippen molar-refractivity contribution in [3.63, 3.8) is 0 Å². The van der Waals surface area contributed by atoms with Crippen LogP contribution in [-0.2, 0) is 19.5 Å². The second-order valence-corrected chi connectivity index (χ2v) is 8.09. The fraction of sp³-hybridized carbons (Fsp3) is 0.238. The third kappa shape index (κ3) is 3.01. The zero-order valence-electron chi connectivity index (χ0n) is 15.1. The average molecular weight is 376 g/mol. The van der Waals surface area contributed by atoms with Gasteiger partial charge in [0.05, 0.1) is 16.1 Å². The van der Waals surface area contributed by atoms with Gasteiger partial charge in [-0.25, -0.2) is 4.98 Å². The summed E-state index contributed by atoms with van der Waals surface area (Å²) in [5.74, 6) is 0.689. The number of benzene rings is 1. The number of hydrogen-bond donors (Lipinski definition) is 2. The van der Waals surface area contributed by atoms with E-state index in [-0.39, 0.29) is 5.56 Å². The Kier molecular flexibility index (Phi) is 3.95. The van der Waals surface area contributed by atoms with Gasteiger partial charge in [-0.1, -0.05) is 18.2 Å². The normalized spacial score (nSPS) is 14.6. The largest absolute Gasteiger partial charge is 0.361 e. The van der Waals surface area contributed by atoms with E-state index in [0.717, 1.165) is 35.6 Å². The number of nitrogens with one attached hydrogen (secondary N) is 2. The minimum atomic E-state index is -0.0114. The lowest BCUT2D eigenvalue weighted by Gasteiger charge is -2.27. The highest BCUT2D eigenvalue weighted by atomic mass is 32.1. The minimum absolute atomic E-state index is 0.0114. The summed E-state index contributed by atoms with van der Waals surface area (Å²) in [7, 11) is 0. The summed E-state index contributed by atoms with van der Waals surface area (Å²) in [5, 5.41) is 3.26. The van der Waals surface area contributed by atoms with E-state index < -0.39 is 0 Å². The number of aryl methyl sites for hydroxylation is 1. The zero-order chi connectivity index (χ0) is 18.4. The molecule has 6 heteroatoms. The van der Waals surface area contributed by atoms with Crippen molar-refractivity contribution >= 4 is 22.2 Å². The summed E-state index contributed by atoms with van der Waals surface area (Å²) in [5.41, 5.74) is 5.42. The Morgan fingerprint density at radius 2 is 2.22 bits per heavy atom. The van der Waals surface area contributed by atoms with E-state index in [1.54, 1.807) is 11.3 Å². The maximum atomic E-state index is 12.7. The van der Waals surface area contributed by atoms with Crippen LogP contribution in [0.2, 0.25) is 0 Å². The van der Waals surface area contributed by atoms with E-state index in [1.807, 2.05) is 17.5 Å². The molecular weight excluding hydrogens is 356 g/mol. The first-order chi connectivity index (χ1) is 13.2. The molecule has 0 spiro atoms. The van der Waals surface area contributed by atoms with Gasteiger partial charge in [0.1, 0.15) is 0 Å². The van der Waals surface area contributed by atoms with Crippen LogP contribution in [0, 0.1) is 6.92 Å². The third-order valence-electron chi connectivity index (χ3n) is 5.22. The average Bonchev–Trinajstić information content (AvgIpc) is 3.32. The Balaban J connectivity index is 1.41. The first-order valence-electron chi connectivity index (χ1n) is 9.12. The summed E-state index contributed by atoms with van der Waals surface area (Å²) in [6.45, 7) is 4.48. The Labute approximate surface area is 160 Å². The van der Waals surface area contributed by atoms with Gasteiger partial charge >= 0.3 is 0 Å². The lowest BCUT2D eigenvalue weighted by atomic mass is 10.1. The van der Waals surface area contributed by atoms with Crippen LogP contribution in [0.4, 0.5) is 0 Å². The number of fused-ring (bicyclic) bond motifs is 2. The van der Waals surface area contributed by atoms with Crippen LogP contribution in [0.5, 0.6) is 0 Å². The Morgan fingerprint density at radius 3 is 3.07 bits per heavy atom. The van der Waals surface area contributed by atoms with Crippen LogP contribution < -0.4 is 5.56 Å². The predicted octanol–water partition coefficient (Wildman–Crippen LogP) is 3.85. The lowest BCUT2D eigenvalue weighted by Crippen LogP contribution is -2.35. The molecule has 5 nitrogen and oxygen atoms in total. The number of rotatable bonds is 3. The fourth-order valence-corrected chi connectivity index (χ4v) is 4.49. The van der Waals surface area contributed by atoms with Crippen molar-refractivity contribution < 1.29 is 0 Å². The Morgan fingerprint density at radius 1 is 1.30 bits per heavy atom. The lowest BCUT2D eigenvalue weighted by molar-refractivity contribution is 0.242. The van der Waals surface area contributed by atoms with Crippen LogP contribution >= 0.6 is 11.3 Å². The van der Waals surface area contributed by atoms with Crippen molar-refractivity contribution in [3.05, 3.63) is 74.6 Å². The van der Waals surface area contributed by atoms with Crippen LogP contribution in [-0.4, -0.2) is 26.4 Å². The summed E-state index contributed by atoms with van der Waals surface area (Å²) in [6, 6.07) is 10.5. The van der Waals surface area contributed by atoms with Gasteiger partial charge < -0.3 is 9.97 Å². The number of H-pyrrole nitrogens is 2. The summed E-state index contributed by atoms with van der Waals surface area (Å²) >= 11 is 1.59. The molecule has 0 radical (unpaired) electrons. The van der Waals surface area contributed by atoms with Gasteiger partial charge in [-0.15, -0.1) is 11.3 Å². The fourth-order valence-electron chi connectivity index (χ4n) is 3.82. The van der Waals surface area contributed by atoms with Gasteiger partial charge in [-0.2, -0.15) is 0 Å². The molecule has 2 N–H and O–H groups in total. The molecule has 5 rings (SSSR count). The zero-order valence-corrected chi connectivity index (χ0v) is 15.9. The topological polar surface area (TPSA) is 64.8 Å². The highest BCUT2D eigenvalue weighted by Gasteiger charge is 2.22. The molecule has 0 unspecified atom stereocenters. The second-order valence-electron chi connectivity index (χ2n) is 7.14. The molecule has 136 valence electrons. The molecule has 0 saturated heterocycles. The van der Waals surface area contributed by atoms with Gasteiger partial charge in [0.15, 0.2) is 5.82 Å². The first kappa shape index (κ1) is 16.5. The number of thiophene rings is 1. The summed E-state index contributed by atoms with van der Waals surface area (Å²) < 4.78 is 0. The van der Waals surface area contributed by atoms with Crippen LogP contribution in [0.1, 0.15) is 22.4 Å². The molecule has 4 heterocycles. The van der Waals surface area contributed by atoms with Gasteiger partial charge in [0, 0.05) is 43.2 Å². The Bertz CT molecular complexity index is 1170. The van der Waals surface area contributed by atoms with E-state index in [9.17, 15) is 4.79 Å². The molecule has 0 atom stereocenters. The number of aromatic nitrogens is 3. The highest BCUT2D eigenvalue weighted by molar-refractivity contribution is 7.13. The number of hydrogen-bond acceptors (Lipinski definition) is 4. The number of aromatic amines is 2. The van der Waals surface area contributed by atoms with Gasteiger partial charge in [-0.05, 0) is 35.6 Å². The third-order valence-corrected chi connectivity index (χ3v) is 6.10. The summed E-state index contributed by atoms with van der Waals surface area (Å²) in [4.78, 5) is 27.0. The molecule has 0 saturated carbocycles. The molecular formula is C21H20N4OS. The van der Waals surface area contributed by atoms with Gasteiger partial charge in [-0.3, -0.25) is 9.69 Å². The van der Waals surface area contributed by atoms with Crippen LogP contribution in [0.3, 0.4) is 0 Å². The van der Waals surface area contributed by atoms with Crippen LogP contribution in [0.15, 0.2) is 46.7 Å². The van der Waals surface area contributed by atoms with Gasteiger partial charge in [0.25, 0.3) is 5.56 Å². The molecule has 0 amide bonds. The molecule has 1 aliphatic heterocycles. The monoisotopic (exact) mass is 376 g/mol. The predicted molar refractivity (Wildman–Crippen MR) is 109 cm³/mol. The van der Waals surface area contributed by atoms with E-state index in [4.69, 9.17) is 4.98 Å². The van der Waals surface area contributed by atoms with Crippen molar-refractivity contribution in [1.82, 2.24) is 19.9 Å². The van der Waals surface area contributed by atoms with E-state index >= 15 is 0 Å². The molecule has 0 fully saturated rings. The maximum Gasteiger partial charge on any atom is 0.255 e. The van der Waals surface area contributed by atoms with Crippen LogP contribution in [0.25, 0.3) is 21.6 Å². The number of nitrogens with zero attached hydrogens (tertiary/aromatic N) is 2. The smallest absolute Gasteiger partial charge is 0.255 e. The van der Waals surface area contributed by atoms with Gasteiger partial charge in [0.2, 0.25) is 0 Å². The van der Waals surface area contributed by atoms with E-state index in [1.165, 1.54) is 22.0 Å². The van der Waals surface area contributed by atoms with Crippen molar-refractivity contribution in [1.29, 1.82) is 0 Å². The van der Waals surface area contributed by atoms with E-state index in [2.05, 4.69) is 46.2 Å². The molecule has 0 aliphatic carbocycles. The molecule has 3 aromatic heterocycles. The van der Waals surface area contributed by atoms with Crippen molar-refractivity contribution in [2.24, 2.45) is 0 Å². The quantitative estimate of drug-likeness (QED) is 0.571. The molecule has 1 aliphatic rings. The molecule has 4 aromatic rings. The second kappa shape index (κ2) is 6.48. The van der Waals surface area contributed by atoms with E-state index in [0.29, 0.717) is 12.4 Å². The molecule has 1 aromatic carbocycles. The first-order valence-corrected chi connectivity index (χ1v) is 10.0. The van der Waals surface area contributed by atoms with Crippen molar-refractivity contribution in [3.8, 4) is 10.7 Å². The highest BCUT2D eigenvalue weighted by Crippen LogP contribution is 2.25. The summed E-state index contributed by atoms with van der Waals surface area (Å²) in [6.07, 6.45) is 2.89. The van der Waals surface area contributed by atoms with Crippen molar-refractivity contribution in [2.45, 2.75) is 26.4 Å². The standard InChI is InChI=1S/C21H20N4OS/c1-13-4-5-15-14(10-22-18(15)9-13)11-25-7-6-17-16(12-25)21(26)24-20(23-17)19-3-2-8-27-19/h2-5,8-10,22H,6-7,11-12H2,1H3,(H,23,24,26). The maximum absolute atomic E-state index is 12.7. The minimum Gasteiger partial charge on any atom is -0.361 e. The Hall–Kier alpha value is -2.70. The SMILES string of the molecule is Cc1ccc2c(CN3CCc4nc(-c5cccs5)[nH]c(=O)c4C3)c[nH]c2c1. The molecule has 27 heavy (non-hydrogen) atoms. The van der Waals surface area contributed by atoms with Crippen molar-refractivity contribution in [2.75, 3.05) is 6.54 Å².